The van der Waals surface area contributed by atoms with Gasteiger partial charge in [0.15, 0.2) is 0 Å². The second-order valence-electron chi connectivity index (χ2n) is 4.35. The molecule has 0 aromatic carbocycles. The lowest BCUT2D eigenvalue weighted by Crippen LogP contribution is -2.15. The molecule has 0 aliphatic carbocycles. The van der Waals surface area contributed by atoms with Crippen molar-refractivity contribution in [1.29, 1.82) is 0 Å². The minimum atomic E-state index is -4.39. The summed E-state index contributed by atoms with van der Waals surface area (Å²) in [5, 5.41) is 3.19. The van der Waals surface area contributed by atoms with E-state index < -0.39 is 11.9 Å². The van der Waals surface area contributed by atoms with Crippen LogP contribution in [-0.4, -0.2) is 23.1 Å². The molecule has 1 aliphatic rings. The second kappa shape index (κ2) is 4.60. The number of halogens is 3. The number of hydrogen-bond acceptors (Lipinski definition) is 3. The van der Waals surface area contributed by atoms with Crippen LogP contribution in [0.2, 0.25) is 0 Å². The molecule has 2 rings (SSSR count). The fourth-order valence-electron chi connectivity index (χ4n) is 2.06. The number of alkyl halides is 3. The Morgan fingerprint density at radius 3 is 2.76 bits per heavy atom. The Morgan fingerprint density at radius 1 is 1.41 bits per heavy atom. The quantitative estimate of drug-likeness (QED) is 0.865. The third kappa shape index (κ3) is 3.15. The summed E-state index contributed by atoms with van der Waals surface area (Å²) in [4.78, 5) is 7.50. The van der Waals surface area contributed by atoms with Crippen LogP contribution in [0, 0.1) is 12.8 Å². The zero-order valence-electron chi connectivity index (χ0n) is 9.51. The number of nitrogens with zero attached hydrogens (tertiary/aromatic N) is 2. The Kier molecular flexibility index (Phi) is 3.33. The maximum Gasteiger partial charge on any atom is 0.433 e. The third-order valence-electron chi connectivity index (χ3n) is 2.84. The van der Waals surface area contributed by atoms with Crippen LogP contribution in [0.1, 0.15) is 23.6 Å². The number of aryl methyl sites for hydroxylation is 1. The van der Waals surface area contributed by atoms with E-state index in [1.54, 1.807) is 0 Å². The normalized spacial score (nSPS) is 20.8. The molecule has 0 spiro atoms. The first kappa shape index (κ1) is 12.3. The number of aromatic nitrogens is 2. The molecule has 0 radical (unpaired) electrons. The van der Waals surface area contributed by atoms with Crippen LogP contribution in [0.25, 0.3) is 0 Å². The summed E-state index contributed by atoms with van der Waals surface area (Å²) < 4.78 is 37.7. The lowest BCUT2D eigenvalue weighted by atomic mass is 10.0. The summed E-state index contributed by atoms with van der Waals surface area (Å²) in [5.41, 5.74) is -0.357. The lowest BCUT2D eigenvalue weighted by Gasteiger charge is -2.11. The highest BCUT2D eigenvalue weighted by molar-refractivity contribution is 5.14. The van der Waals surface area contributed by atoms with Crippen molar-refractivity contribution in [2.75, 3.05) is 13.1 Å². The molecular formula is C11H14F3N3. The standard InChI is InChI=1S/C11H14F3N3/c1-7-16-9(4-8-2-3-15-6-8)5-10(17-7)11(12,13)14/h5,8,15H,2-4,6H2,1H3. The number of nitrogens with one attached hydrogen (secondary N) is 1. The van der Waals surface area contributed by atoms with E-state index >= 15 is 0 Å². The van der Waals surface area contributed by atoms with E-state index in [1.165, 1.54) is 6.92 Å². The van der Waals surface area contributed by atoms with Crippen LogP contribution in [-0.2, 0) is 12.6 Å². The summed E-state index contributed by atoms with van der Waals surface area (Å²) in [5.74, 6) is 0.561. The van der Waals surface area contributed by atoms with Gasteiger partial charge >= 0.3 is 6.18 Å². The topological polar surface area (TPSA) is 37.8 Å². The van der Waals surface area contributed by atoms with Gasteiger partial charge in [0, 0.05) is 5.69 Å². The highest BCUT2D eigenvalue weighted by Crippen LogP contribution is 2.28. The molecule has 94 valence electrons. The first-order valence-electron chi connectivity index (χ1n) is 5.57. The highest BCUT2D eigenvalue weighted by Gasteiger charge is 2.33. The lowest BCUT2D eigenvalue weighted by molar-refractivity contribution is -0.141. The monoisotopic (exact) mass is 245 g/mol. The maximum absolute atomic E-state index is 12.6. The first-order valence-corrected chi connectivity index (χ1v) is 5.57. The molecule has 6 heteroatoms. The molecule has 1 N–H and O–H groups in total. The van der Waals surface area contributed by atoms with Crippen molar-refractivity contribution < 1.29 is 13.2 Å². The van der Waals surface area contributed by atoms with Gasteiger partial charge in [-0.3, -0.25) is 0 Å². The number of rotatable bonds is 2. The van der Waals surface area contributed by atoms with Gasteiger partial charge < -0.3 is 5.32 Å². The van der Waals surface area contributed by atoms with E-state index in [1.807, 2.05) is 0 Å². The first-order chi connectivity index (χ1) is 7.95. The molecule has 1 aromatic heterocycles. The van der Waals surface area contributed by atoms with Gasteiger partial charge in [-0.25, -0.2) is 9.97 Å². The molecule has 1 saturated heterocycles. The average Bonchev–Trinajstić information content (AvgIpc) is 2.68. The predicted octanol–water partition coefficient (Wildman–Crippen LogP) is 1.96. The SMILES string of the molecule is Cc1nc(CC2CCNC2)cc(C(F)(F)F)n1. The van der Waals surface area contributed by atoms with Crippen LogP contribution >= 0.6 is 0 Å². The Labute approximate surface area is 97.5 Å². The molecule has 2 heterocycles. The molecule has 1 aromatic rings. The Hall–Kier alpha value is -1.17. The van der Waals surface area contributed by atoms with E-state index in [9.17, 15) is 13.2 Å². The smallest absolute Gasteiger partial charge is 0.316 e. The van der Waals surface area contributed by atoms with Crippen LogP contribution in [0.4, 0.5) is 13.2 Å². The summed E-state index contributed by atoms with van der Waals surface area (Å²) in [7, 11) is 0. The van der Waals surface area contributed by atoms with Crippen LogP contribution in [0.15, 0.2) is 6.07 Å². The van der Waals surface area contributed by atoms with E-state index in [2.05, 4.69) is 15.3 Å². The van der Waals surface area contributed by atoms with E-state index in [0.29, 0.717) is 18.0 Å². The molecule has 3 nitrogen and oxygen atoms in total. The molecule has 1 unspecified atom stereocenters. The van der Waals surface area contributed by atoms with Gasteiger partial charge in [0.05, 0.1) is 0 Å². The number of hydrogen-bond donors (Lipinski definition) is 1. The van der Waals surface area contributed by atoms with Gasteiger partial charge in [0.25, 0.3) is 0 Å². The molecular weight excluding hydrogens is 231 g/mol. The molecule has 1 atom stereocenters. The van der Waals surface area contributed by atoms with Gasteiger partial charge in [-0.1, -0.05) is 0 Å². The van der Waals surface area contributed by atoms with Gasteiger partial charge in [0.2, 0.25) is 0 Å². The van der Waals surface area contributed by atoms with Crippen molar-refractivity contribution in [1.82, 2.24) is 15.3 Å². The Balaban J connectivity index is 2.19. The zero-order valence-corrected chi connectivity index (χ0v) is 9.51. The van der Waals surface area contributed by atoms with Crippen LogP contribution in [0.3, 0.4) is 0 Å². The van der Waals surface area contributed by atoms with Gasteiger partial charge in [-0.05, 0) is 44.8 Å². The fraction of sp³-hybridized carbons (Fsp3) is 0.636. The average molecular weight is 245 g/mol. The molecule has 0 bridgehead atoms. The summed E-state index contributed by atoms with van der Waals surface area (Å²) >= 11 is 0. The molecule has 0 saturated carbocycles. The third-order valence-corrected chi connectivity index (χ3v) is 2.84. The largest absolute Gasteiger partial charge is 0.433 e. The van der Waals surface area contributed by atoms with Gasteiger partial charge in [-0.15, -0.1) is 0 Å². The highest BCUT2D eigenvalue weighted by atomic mass is 19.4. The van der Waals surface area contributed by atoms with Crippen molar-refractivity contribution in [3.63, 3.8) is 0 Å². The minimum Gasteiger partial charge on any atom is -0.316 e. The molecule has 17 heavy (non-hydrogen) atoms. The Morgan fingerprint density at radius 2 is 2.18 bits per heavy atom. The fourth-order valence-corrected chi connectivity index (χ4v) is 2.06. The summed E-state index contributed by atoms with van der Waals surface area (Å²) in [6.07, 6.45) is -2.82. The van der Waals surface area contributed by atoms with E-state index in [0.717, 1.165) is 25.6 Å². The zero-order chi connectivity index (χ0) is 12.5. The summed E-state index contributed by atoms with van der Waals surface area (Å²) in [6, 6.07) is 1.06. The molecule has 0 amide bonds. The van der Waals surface area contributed by atoms with Crippen molar-refractivity contribution >= 4 is 0 Å². The van der Waals surface area contributed by atoms with Crippen molar-refractivity contribution in [2.45, 2.75) is 25.9 Å². The second-order valence-corrected chi connectivity index (χ2v) is 4.35. The molecule has 1 fully saturated rings. The Bertz CT molecular complexity index is 397. The van der Waals surface area contributed by atoms with E-state index in [4.69, 9.17) is 0 Å². The van der Waals surface area contributed by atoms with Crippen LogP contribution < -0.4 is 5.32 Å². The maximum atomic E-state index is 12.6. The van der Waals surface area contributed by atoms with Gasteiger partial charge in [-0.2, -0.15) is 13.2 Å². The predicted molar refractivity (Wildman–Crippen MR) is 56.5 cm³/mol. The van der Waals surface area contributed by atoms with Crippen molar-refractivity contribution in [3.05, 3.63) is 23.3 Å². The summed E-state index contributed by atoms with van der Waals surface area (Å²) in [6.45, 7) is 3.27. The van der Waals surface area contributed by atoms with Crippen molar-refractivity contribution in [2.24, 2.45) is 5.92 Å². The molecule has 1 aliphatic heterocycles. The van der Waals surface area contributed by atoms with Gasteiger partial charge in [0.1, 0.15) is 11.5 Å². The van der Waals surface area contributed by atoms with Crippen molar-refractivity contribution in [3.8, 4) is 0 Å². The minimum absolute atomic E-state index is 0.181. The van der Waals surface area contributed by atoms with Crippen LogP contribution in [0.5, 0.6) is 0 Å². The van der Waals surface area contributed by atoms with E-state index in [-0.39, 0.29) is 5.82 Å².